The van der Waals surface area contributed by atoms with E-state index >= 15 is 0 Å². The molecule has 108 valence electrons. The average Bonchev–Trinajstić information content (AvgIpc) is 2.66. The highest BCUT2D eigenvalue weighted by Crippen LogP contribution is 2.06. The van der Waals surface area contributed by atoms with Gasteiger partial charge in [0.25, 0.3) is 0 Å². The third-order valence-corrected chi connectivity index (χ3v) is 3.91. The summed E-state index contributed by atoms with van der Waals surface area (Å²) in [6.07, 6.45) is 1.05. The van der Waals surface area contributed by atoms with Gasteiger partial charge in [-0.05, 0) is 27.2 Å². The summed E-state index contributed by atoms with van der Waals surface area (Å²) >= 11 is 1.19. The van der Waals surface area contributed by atoms with Gasteiger partial charge in [-0.3, -0.25) is 9.59 Å². The fourth-order valence-electron chi connectivity index (χ4n) is 1.99. The van der Waals surface area contributed by atoms with Crippen LogP contribution in [0.3, 0.4) is 0 Å². The Bertz CT molecular complexity index is 465. The van der Waals surface area contributed by atoms with Crippen LogP contribution in [-0.2, 0) is 11.3 Å². The zero-order valence-electron chi connectivity index (χ0n) is 11.8. The zero-order valence-corrected chi connectivity index (χ0v) is 12.6. The summed E-state index contributed by atoms with van der Waals surface area (Å²) in [5.41, 5.74) is 0.943. The topological polar surface area (TPSA) is 62.5 Å². The van der Waals surface area contributed by atoms with Gasteiger partial charge >= 0.3 is 4.87 Å². The van der Waals surface area contributed by atoms with E-state index in [0.717, 1.165) is 5.69 Å². The molecule has 0 bridgehead atoms. The maximum absolute atomic E-state index is 12.0. The van der Waals surface area contributed by atoms with Crippen molar-refractivity contribution in [3.8, 4) is 0 Å². The maximum Gasteiger partial charge on any atom is 0.307 e. The molecule has 0 atom stereocenters. The molecule has 1 aromatic heterocycles. The van der Waals surface area contributed by atoms with Crippen molar-refractivity contribution in [2.24, 2.45) is 0 Å². The summed E-state index contributed by atoms with van der Waals surface area (Å²) in [6, 6.07) is 0.0882. The Kier molecular flexibility index (Phi) is 6.24. The number of carbonyl (C=O) groups excluding carboxylic acids is 1. The second-order valence-corrected chi connectivity index (χ2v) is 5.62. The molecule has 0 aliphatic heterocycles. The zero-order chi connectivity index (χ0) is 14.4. The van der Waals surface area contributed by atoms with Crippen LogP contribution < -0.4 is 4.87 Å². The third-order valence-electron chi connectivity index (χ3n) is 3.03. The highest BCUT2D eigenvalue weighted by molar-refractivity contribution is 7.07. The number of aryl methyl sites for hydroxylation is 1. The Morgan fingerprint density at radius 3 is 2.68 bits per heavy atom. The summed E-state index contributed by atoms with van der Waals surface area (Å²) < 4.78 is 1.70. The fraction of sp³-hybridized carbons (Fsp3) is 0.692. The van der Waals surface area contributed by atoms with Crippen LogP contribution >= 0.6 is 11.3 Å². The van der Waals surface area contributed by atoms with Crippen molar-refractivity contribution in [1.82, 2.24) is 9.47 Å². The van der Waals surface area contributed by atoms with Crippen molar-refractivity contribution >= 4 is 17.2 Å². The van der Waals surface area contributed by atoms with E-state index in [1.807, 2.05) is 26.2 Å². The molecular weight excluding hydrogens is 264 g/mol. The van der Waals surface area contributed by atoms with E-state index in [9.17, 15) is 9.59 Å². The summed E-state index contributed by atoms with van der Waals surface area (Å²) in [5, 5.41) is 10.8. The predicted molar refractivity (Wildman–Crippen MR) is 76.5 cm³/mol. The van der Waals surface area contributed by atoms with Gasteiger partial charge in [-0.15, -0.1) is 0 Å². The van der Waals surface area contributed by atoms with Crippen molar-refractivity contribution in [2.75, 3.05) is 13.2 Å². The average molecular weight is 286 g/mol. The summed E-state index contributed by atoms with van der Waals surface area (Å²) in [7, 11) is 0. The Balaban J connectivity index is 2.48. The lowest BCUT2D eigenvalue weighted by Gasteiger charge is -2.26. The number of aliphatic hydroxyl groups excluding tert-OH is 1. The molecule has 6 heteroatoms. The van der Waals surface area contributed by atoms with E-state index in [0.29, 0.717) is 25.9 Å². The van der Waals surface area contributed by atoms with Crippen molar-refractivity contribution < 1.29 is 9.90 Å². The Hall–Kier alpha value is -1.14. The van der Waals surface area contributed by atoms with Gasteiger partial charge < -0.3 is 14.6 Å². The molecule has 0 aromatic carbocycles. The number of aromatic nitrogens is 1. The lowest BCUT2D eigenvalue weighted by Crippen LogP contribution is -2.39. The molecule has 1 aromatic rings. The minimum absolute atomic E-state index is 0.0208. The Labute approximate surface area is 117 Å². The van der Waals surface area contributed by atoms with Crippen LogP contribution in [0.4, 0.5) is 0 Å². The third kappa shape index (κ3) is 4.47. The largest absolute Gasteiger partial charge is 0.395 e. The molecule has 0 aliphatic carbocycles. The highest BCUT2D eigenvalue weighted by atomic mass is 32.1. The molecule has 1 rings (SSSR count). The van der Waals surface area contributed by atoms with Crippen molar-refractivity contribution in [3.63, 3.8) is 0 Å². The molecule has 19 heavy (non-hydrogen) atoms. The normalized spacial score (nSPS) is 11.0. The summed E-state index contributed by atoms with van der Waals surface area (Å²) in [6.45, 7) is 6.68. The van der Waals surface area contributed by atoms with Crippen molar-refractivity contribution in [1.29, 1.82) is 0 Å². The quantitative estimate of drug-likeness (QED) is 0.820. The molecule has 5 nitrogen and oxygen atoms in total. The lowest BCUT2D eigenvalue weighted by atomic mass is 10.2. The van der Waals surface area contributed by atoms with Crippen LogP contribution in [0.1, 0.15) is 32.4 Å². The monoisotopic (exact) mass is 286 g/mol. The van der Waals surface area contributed by atoms with Crippen molar-refractivity contribution in [3.05, 3.63) is 20.7 Å². The number of carbonyl (C=O) groups is 1. The van der Waals surface area contributed by atoms with E-state index < -0.39 is 0 Å². The number of hydrogen-bond donors (Lipinski definition) is 1. The first-order valence-corrected chi connectivity index (χ1v) is 7.40. The Morgan fingerprint density at radius 1 is 1.53 bits per heavy atom. The Morgan fingerprint density at radius 2 is 2.21 bits per heavy atom. The van der Waals surface area contributed by atoms with E-state index in [1.165, 1.54) is 11.3 Å². The molecule has 0 saturated heterocycles. The van der Waals surface area contributed by atoms with Gasteiger partial charge in [0, 0.05) is 36.6 Å². The van der Waals surface area contributed by atoms with Crippen LogP contribution in [0.2, 0.25) is 0 Å². The molecule has 0 aliphatic rings. The first-order chi connectivity index (χ1) is 8.97. The van der Waals surface area contributed by atoms with E-state index in [1.54, 1.807) is 9.47 Å². The molecule has 0 unspecified atom stereocenters. The fourth-order valence-corrected chi connectivity index (χ4v) is 2.75. The molecule has 1 heterocycles. The van der Waals surface area contributed by atoms with Gasteiger partial charge in [0.05, 0.1) is 6.61 Å². The van der Waals surface area contributed by atoms with E-state index in [2.05, 4.69) is 0 Å². The second kappa shape index (κ2) is 7.45. The lowest BCUT2D eigenvalue weighted by molar-refractivity contribution is -0.133. The number of rotatable bonds is 7. The molecular formula is C13H22N2O3S. The van der Waals surface area contributed by atoms with Gasteiger partial charge in [-0.2, -0.15) is 0 Å². The molecule has 0 saturated carbocycles. The predicted octanol–water partition coefficient (Wildman–Crippen LogP) is 1.23. The minimum Gasteiger partial charge on any atom is -0.395 e. The summed E-state index contributed by atoms with van der Waals surface area (Å²) in [4.78, 5) is 25.2. The van der Waals surface area contributed by atoms with Crippen LogP contribution in [0.5, 0.6) is 0 Å². The van der Waals surface area contributed by atoms with Crippen LogP contribution in [0.15, 0.2) is 10.2 Å². The van der Waals surface area contributed by atoms with E-state index in [4.69, 9.17) is 5.11 Å². The van der Waals surface area contributed by atoms with Gasteiger partial charge in [-0.25, -0.2) is 0 Å². The van der Waals surface area contributed by atoms with E-state index in [-0.39, 0.29) is 23.4 Å². The van der Waals surface area contributed by atoms with Gasteiger partial charge in [0.1, 0.15) is 0 Å². The minimum atomic E-state index is -0.0208. The molecule has 0 spiro atoms. The molecule has 0 fully saturated rings. The summed E-state index contributed by atoms with van der Waals surface area (Å²) in [5.74, 6) is 0.0324. The SMILES string of the molecule is Cc1csc(=O)n1CCCC(=O)N(CCO)C(C)C. The maximum atomic E-state index is 12.0. The van der Waals surface area contributed by atoms with Crippen LogP contribution in [-0.4, -0.2) is 39.7 Å². The van der Waals surface area contributed by atoms with Gasteiger partial charge in [0.2, 0.25) is 5.91 Å². The van der Waals surface area contributed by atoms with Gasteiger partial charge in [0.15, 0.2) is 0 Å². The number of thiazole rings is 1. The molecule has 1 N–H and O–H groups in total. The smallest absolute Gasteiger partial charge is 0.307 e. The first kappa shape index (κ1) is 15.9. The van der Waals surface area contributed by atoms with Gasteiger partial charge in [-0.1, -0.05) is 11.3 Å². The second-order valence-electron chi connectivity index (χ2n) is 4.80. The standard InChI is InChI=1S/C13H22N2O3S/c1-10(2)14(7-8-16)12(17)5-4-6-15-11(3)9-19-13(15)18/h9-10,16H,4-8H2,1-3H3. The first-order valence-electron chi connectivity index (χ1n) is 6.52. The number of nitrogens with zero attached hydrogens (tertiary/aromatic N) is 2. The highest BCUT2D eigenvalue weighted by Gasteiger charge is 2.15. The van der Waals surface area contributed by atoms with Crippen LogP contribution in [0, 0.1) is 6.92 Å². The number of hydrogen-bond acceptors (Lipinski definition) is 4. The number of amides is 1. The number of aliphatic hydroxyl groups is 1. The van der Waals surface area contributed by atoms with Crippen LogP contribution in [0.25, 0.3) is 0 Å². The molecule has 0 radical (unpaired) electrons. The van der Waals surface area contributed by atoms with Crippen molar-refractivity contribution in [2.45, 2.75) is 46.2 Å². The molecule has 1 amide bonds.